The van der Waals surface area contributed by atoms with Crippen LogP contribution in [0.25, 0.3) is 0 Å². The summed E-state index contributed by atoms with van der Waals surface area (Å²) in [7, 11) is 3.67. The lowest BCUT2D eigenvalue weighted by atomic mass is 9.94. The van der Waals surface area contributed by atoms with Crippen LogP contribution in [0.1, 0.15) is 24.8 Å². The number of ketones is 1. The summed E-state index contributed by atoms with van der Waals surface area (Å²) in [6, 6.07) is 9.67. The average molecular weight is 287 g/mol. The highest BCUT2D eigenvalue weighted by atomic mass is 16.5. The predicted molar refractivity (Wildman–Crippen MR) is 80.7 cm³/mol. The van der Waals surface area contributed by atoms with Crippen LogP contribution in [0.15, 0.2) is 42.6 Å². The van der Waals surface area contributed by atoms with E-state index in [0.717, 1.165) is 5.56 Å². The maximum absolute atomic E-state index is 12.5. The zero-order valence-corrected chi connectivity index (χ0v) is 12.7. The molecule has 0 aromatic heterocycles. The van der Waals surface area contributed by atoms with Crippen LogP contribution in [0.5, 0.6) is 0 Å². The summed E-state index contributed by atoms with van der Waals surface area (Å²) in [4.78, 5) is 26.6. The lowest BCUT2D eigenvalue weighted by molar-refractivity contribution is -0.152. The quantitative estimate of drug-likeness (QED) is 0.458. The lowest BCUT2D eigenvalue weighted by Crippen LogP contribution is -2.29. The van der Waals surface area contributed by atoms with Crippen molar-refractivity contribution in [2.24, 2.45) is 5.41 Å². The van der Waals surface area contributed by atoms with E-state index in [1.807, 2.05) is 44.4 Å². The third kappa shape index (κ3) is 2.99. The Kier molecular flexibility index (Phi) is 4.46. The van der Waals surface area contributed by atoms with Gasteiger partial charge >= 0.3 is 5.97 Å². The van der Waals surface area contributed by atoms with Gasteiger partial charge in [0, 0.05) is 26.2 Å². The van der Waals surface area contributed by atoms with Gasteiger partial charge in [0.1, 0.15) is 5.41 Å². The van der Waals surface area contributed by atoms with Gasteiger partial charge in [0.15, 0.2) is 5.78 Å². The van der Waals surface area contributed by atoms with Crippen LogP contribution in [-0.4, -0.2) is 37.4 Å². The molecule has 4 nitrogen and oxygen atoms in total. The van der Waals surface area contributed by atoms with Gasteiger partial charge in [-0.15, -0.1) is 0 Å². The van der Waals surface area contributed by atoms with E-state index >= 15 is 0 Å². The Labute approximate surface area is 125 Å². The van der Waals surface area contributed by atoms with E-state index in [0.29, 0.717) is 6.42 Å². The number of carbonyl (C=O) groups excluding carboxylic acids is 2. The highest BCUT2D eigenvalue weighted by Crippen LogP contribution is 2.60. The van der Waals surface area contributed by atoms with Gasteiger partial charge in [-0.25, -0.2) is 0 Å². The molecule has 21 heavy (non-hydrogen) atoms. The van der Waals surface area contributed by atoms with Crippen LogP contribution in [-0.2, 0) is 14.3 Å². The molecule has 112 valence electrons. The van der Waals surface area contributed by atoms with Crippen LogP contribution < -0.4 is 0 Å². The lowest BCUT2D eigenvalue weighted by Gasteiger charge is -2.14. The summed E-state index contributed by atoms with van der Waals surface area (Å²) in [6.45, 7) is 2.04. The zero-order chi connectivity index (χ0) is 15.5. The van der Waals surface area contributed by atoms with Gasteiger partial charge in [0.25, 0.3) is 0 Å². The summed E-state index contributed by atoms with van der Waals surface area (Å²) >= 11 is 0. The van der Waals surface area contributed by atoms with E-state index in [1.165, 1.54) is 6.08 Å². The fourth-order valence-electron chi connectivity index (χ4n) is 2.57. The molecular formula is C17H21NO3. The molecule has 4 heteroatoms. The molecule has 1 aliphatic carbocycles. The van der Waals surface area contributed by atoms with Crippen LogP contribution in [0.2, 0.25) is 0 Å². The molecule has 1 aromatic rings. The maximum Gasteiger partial charge on any atom is 0.320 e. The average Bonchev–Trinajstić information content (AvgIpc) is 3.23. The normalized spacial score (nSPS) is 23.9. The van der Waals surface area contributed by atoms with Gasteiger partial charge in [-0.2, -0.15) is 0 Å². The van der Waals surface area contributed by atoms with Gasteiger partial charge in [-0.3, -0.25) is 9.59 Å². The van der Waals surface area contributed by atoms with Crippen molar-refractivity contribution in [2.45, 2.75) is 19.3 Å². The number of hydrogen-bond donors (Lipinski definition) is 0. The summed E-state index contributed by atoms with van der Waals surface area (Å²) in [5.41, 5.74) is -0.0266. The minimum absolute atomic E-state index is 0.0861. The fraction of sp³-hybridized carbons (Fsp3) is 0.412. The van der Waals surface area contributed by atoms with Crippen molar-refractivity contribution in [3.8, 4) is 0 Å². The van der Waals surface area contributed by atoms with Crippen molar-refractivity contribution in [2.75, 3.05) is 20.7 Å². The zero-order valence-electron chi connectivity index (χ0n) is 12.7. The molecule has 1 fully saturated rings. The summed E-state index contributed by atoms with van der Waals surface area (Å²) < 4.78 is 5.14. The first-order valence-corrected chi connectivity index (χ1v) is 7.13. The first-order valence-electron chi connectivity index (χ1n) is 7.13. The number of nitrogens with zero attached hydrogens (tertiary/aromatic N) is 1. The van der Waals surface area contributed by atoms with Crippen LogP contribution in [0.4, 0.5) is 0 Å². The molecule has 2 unspecified atom stereocenters. The molecule has 2 atom stereocenters. The first kappa shape index (κ1) is 15.3. The van der Waals surface area contributed by atoms with Crippen LogP contribution in [0, 0.1) is 5.41 Å². The molecule has 0 bridgehead atoms. The standard InChI is InChI=1S/C17H21NO3/c1-4-21-16(20)17(15(19)10-11-18(2)3)12-14(17)13-8-6-5-7-9-13/h5-11,14H,4,12H2,1-3H3/b11-10+. The molecule has 1 aliphatic rings. The number of rotatable bonds is 6. The monoisotopic (exact) mass is 287 g/mol. The van der Waals surface area contributed by atoms with Gasteiger partial charge in [-0.05, 0) is 25.0 Å². The molecule has 0 heterocycles. The molecule has 1 saturated carbocycles. The number of esters is 1. The summed E-state index contributed by atoms with van der Waals surface area (Å²) in [6.07, 6.45) is 3.66. The van der Waals surface area contributed by atoms with Crippen molar-refractivity contribution in [1.82, 2.24) is 4.90 Å². The third-order valence-electron chi connectivity index (χ3n) is 3.77. The highest BCUT2D eigenvalue weighted by molar-refractivity contribution is 6.13. The minimum Gasteiger partial charge on any atom is -0.465 e. The van der Waals surface area contributed by atoms with Crippen molar-refractivity contribution in [3.05, 3.63) is 48.2 Å². The van der Waals surface area contributed by atoms with E-state index < -0.39 is 11.4 Å². The van der Waals surface area contributed by atoms with E-state index in [9.17, 15) is 9.59 Å². The molecule has 2 rings (SSSR count). The smallest absolute Gasteiger partial charge is 0.320 e. The van der Waals surface area contributed by atoms with Crippen molar-refractivity contribution in [3.63, 3.8) is 0 Å². The maximum atomic E-state index is 12.5. The second-order valence-corrected chi connectivity index (χ2v) is 5.50. The molecule has 0 saturated heterocycles. The fourth-order valence-corrected chi connectivity index (χ4v) is 2.57. The molecule has 0 N–H and O–H groups in total. The van der Waals surface area contributed by atoms with Gasteiger partial charge in [-0.1, -0.05) is 30.3 Å². The van der Waals surface area contributed by atoms with Gasteiger partial charge in [0.05, 0.1) is 6.61 Å². The second kappa shape index (κ2) is 6.12. The molecule has 1 aromatic carbocycles. The van der Waals surface area contributed by atoms with E-state index in [1.54, 1.807) is 18.0 Å². The molecule has 0 radical (unpaired) electrons. The van der Waals surface area contributed by atoms with Gasteiger partial charge in [0.2, 0.25) is 0 Å². The molecule has 0 spiro atoms. The number of hydrogen-bond acceptors (Lipinski definition) is 4. The van der Waals surface area contributed by atoms with Crippen LogP contribution >= 0.6 is 0 Å². The number of allylic oxidation sites excluding steroid dienone is 1. The Morgan fingerprint density at radius 2 is 2.00 bits per heavy atom. The topological polar surface area (TPSA) is 46.6 Å². The number of ether oxygens (including phenoxy) is 1. The number of carbonyl (C=O) groups is 2. The predicted octanol–water partition coefficient (Wildman–Crippen LogP) is 2.37. The van der Waals surface area contributed by atoms with Gasteiger partial charge < -0.3 is 9.64 Å². The second-order valence-electron chi connectivity index (χ2n) is 5.50. The van der Waals surface area contributed by atoms with E-state index in [-0.39, 0.29) is 18.3 Å². The Bertz CT molecular complexity index is 550. The summed E-state index contributed by atoms with van der Waals surface area (Å²) in [5, 5.41) is 0. The molecule has 0 amide bonds. The summed E-state index contributed by atoms with van der Waals surface area (Å²) in [5.74, 6) is -0.673. The highest BCUT2D eigenvalue weighted by Gasteiger charge is 2.66. The van der Waals surface area contributed by atoms with Crippen LogP contribution in [0.3, 0.4) is 0 Å². The Morgan fingerprint density at radius 1 is 1.33 bits per heavy atom. The molecular weight excluding hydrogens is 266 g/mol. The van der Waals surface area contributed by atoms with E-state index in [4.69, 9.17) is 4.74 Å². The molecule has 0 aliphatic heterocycles. The SMILES string of the molecule is CCOC(=O)C1(C(=O)/C=C/N(C)C)CC1c1ccccc1. The van der Waals surface area contributed by atoms with Crippen molar-refractivity contribution >= 4 is 11.8 Å². The van der Waals surface area contributed by atoms with Crippen molar-refractivity contribution < 1.29 is 14.3 Å². The van der Waals surface area contributed by atoms with E-state index in [2.05, 4.69) is 0 Å². The Hall–Kier alpha value is -2.10. The first-order chi connectivity index (χ1) is 10.0. The Morgan fingerprint density at radius 3 is 2.57 bits per heavy atom. The third-order valence-corrected chi connectivity index (χ3v) is 3.77. The Balaban J connectivity index is 2.27. The minimum atomic E-state index is -1.04. The number of benzene rings is 1. The van der Waals surface area contributed by atoms with Crippen molar-refractivity contribution in [1.29, 1.82) is 0 Å². The largest absolute Gasteiger partial charge is 0.465 e.